The van der Waals surface area contributed by atoms with Gasteiger partial charge in [0.25, 0.3) is 0 Å². The van der Waals surface area contributed by atoms with E-state index in [9.17, 15) is 4.79 Å². The summed E-state index contributed by atoms with van der Waals surface area (Å²) in [4.78, 5) is 10.4. The van der Waals surface area contributed by atoms with Gasteiger partial charge in [0.1, 0.15) is 5.75 Å². The summed E-state index contributed by atoms with van der Waals surface area (Å²) in [6.07, 6.45) is 0. The second-order valence-corrected chi connectivity index (χ2v) is 2.31. The van der Waals surface area contributed by atoms with E-state index in [-0.39, 0.29) is 47.5 Å². The number of phenols is 1. The number of aliphatic hydroxyl groups is 1. The first-order valence-electron chi connectivity index (χ1n) is 3.31. The molecule has 5 heteroatoms. The van der Waals surface area contributed by atoms with Crippen molar-refractivity contribution in [1.82, 2.24) is 0 Å². The van der Waals surface area contributed by atoms with E-state index in [1.54, 1.807) is 0 Å². The summed E-state index contributed by atoms with van der Waals surface area (Å²) in [7, 11) is 0. The molecule has 0 aliphatic heterocycles. The number of carboxylic acids is 1. The van der Waals surface area contributed by atoms with Gasteiger partial charge >= 0.3 is 35.5 Å². The molecule has 0 radical (unpaired) electrons. The van der Waals surface area contributed by atoms with Crippen LogP contribution in [0.5, 0.6) is 5.75 Å². The van der Waals surface area contributed by atoms with E-state index < -0.39 is 5.97 Å². The van der Waals surface area contributed by atoms with Gasteiger partial charge in [0.05, 0.1) is 12.2 Å². The SMILES string of the molecule is O=C(O)c1ccc(CO)c(O)c1.[NaH]. The van der Waals surface area contributed by atoms with Gasteiger partial charge in [-0.25, -0.2) is 4.79 Å². The molecule has 0 aliphatic carbocycles. The quantitative estimate of drug-likeness (QED) is 0.573. The fourth-order valence-electron chi connectivity index (χ4n) is 0.831. The van der Waals surface area contributed by atoms with E-state index in [1.807, 2.05) is 0 Å². The van der Waals surface area contributed by atoms with Gasteiger partial charge in [0.15, 0.2) is 0 Å². The Hall–Kier alpha value is -0.550. The van der Waals surface area contributed by atoms with Crippen LogP contribution in [0.1, 0.15) is 15.9 Å². The van der Waals surface area contributed by atoms with Gasteiger partial charge in [-0.1, -0.05) is 6.07 Å². The molecule has 0 unspecified atom stereocenters. The van der Waals surface area contributed by atoms with Gasteiger partial charge in [-0.15, -0.1) is 0 Å². The predicted octanol–water partition coefficient (Wildman–Crippen LogP) is -0.0658. The summed E-state index contributed by atoms with van der Waals surface area (Å²) in [5, 5.41) is 26.3. The molecule has 0 spiro atoms. The van der Waals surface area contributed by atoms with Crippen LogP contribution in [-0.4, -0.2) is 50.8 Å². The fourth-order valence-corrected chi connectivity index (χ4v) is 0.831. The normalized spacial score (nSPS) is 9.00. The number of hydrogen-bond acceptors (Lipinski definition) is 3. The fraction of sp³-hybridized carbons (Fsp3) is 0.125. The molecule has 1 aromatic rings. The molecule has 0 atom stereocenters. The van der Waals surface area contributed by atoms with Crippen LogP contribution in [0.15, 0.2) is 18.2 Å². The molecule has 0 saturated heterocycles. The van der Waals surface area contributed by atoms with Crippen LogP contribution in [-0.2, 0) is 6.61 Å². The Morgan fingerprint density at radius 2 is 2.00 bits per heavy atom. The maximum absolute atomic E-state index is 10.4. The first kappa shape index (κ1) is 12.4. The van der Waals surface area contributed by atoms with E-state index in [4.69, 9.17) is 15.3 Å². The molecule has 0 amide bonds. The Morgan fingerprint density at radius 1 is 1.38 bits per heavy atom. The van der Waals surface area contributed by atoms with Crippen LogP contribution in [0.2, 0.25) is 0 Å². The second kappa shape index (κ2) is 5.24. The summed E-state index contributed by atoms with van der Waals surface area (Å²) < 4.78 is 0. The van der Waals surface area contributed by atoms with Gasteiger partial charge in [-0.3, -0.25) is 0 Å². The number of hydrogen-bond donors (Lipinski definition) is 3. The summed E-state index contributed by atoms with van der Waals surface area (Å²) in [5.41, 5.74) is 0.324. The molecule has 0 saturated carbocycles. The van der Waals surface area contributed by atoms with Crippen molar-refractivity contribution in [3.8, 4) is 5.75 Å². The minimum absolute atomic E-state index is 0. The molecule has 4 nitrogen and oxygen atoms in total. The molecule has 1 aromatic carbocycles. The Bertz CT molecular complexity index is 311. The Kier molecular flexibility index (Phi) is 5.02. The van der Waals surface area contributed by atoms with Crippen LogP contribution >= 0.6 is 0 Å². The standard InChI is InChI=1S/C8H8O4.Na.H/c9-4-6-2-1-5(8(11)12)3-7(6)10;;/h1-3,9-10H,4H2,(H,11,12);;. The third-order valence-electron chi connectivity index (χ3n) is 1.50. The zero-order valence-electron chi connectivity index (χ0n) is 6.19. The van der Waals surface area contributed by atoms with Crippen molar-refractivity contribution in [3.05, 3.63) is 29.3 Å². The average Bonchev–Trinajstić information content (AvgIpc) is 2.04. The summed E-state index contributed by atoms with van der Waals surface area (Å²) >= 11 is 0. The topological polar surface area (TPSA) is 77.8 Å². The summed E-state index contributed by atoms with van der Waals surface area (Å²) in [6, 6.07) is 3.81. The zero-order valence-corrected chi connectivity index (χ0v) is 6.19. The number of carbonyl (C=O) groups is 1. The number of aliphatic hydroxyl groups excluding tert-OH is 1. The average molecular weight is 192 g/mol. The van der Waals surface area contributed by atoms with E-state index >= 15 is 0 Å². The van der Waals surface area contributed by atoms with Crippen molar-refractivity contribution in [2.75, 3.05) is 0 Å². The second-order valence-electron chi connectivity index (χ2n) is 2.31. The van der Waals surface area contributed by atoms with Crippen molar-refractivity contribution < 1.29 is 20.1 Å². The Morgan fingerprint density at radius 3 is 2.38 bits per heavy atom. The number of aromatic hydroxyl groups is 1. The first-order chi connectivity index (χ1) is 5.65. The molecule has 1 rings (SSSR count). The number of benzene rings is 1. The number of rotatable bonds is 2. The van der Waals surface area contributed by atoms with Crippen LogP contribution in [0.25, 0.3) is 0 Å². The van der Waals surface area contributed by atoms with E-state index in [1.165, 1.54) is 12.1 Å². The Balaban J connectivity index is 0.00000144. The van der Waals surface area contributed by atoms with Crippen LogP contribution in [0, 0.1) is 0 Å². The van der Waals surface area contributed by atoms with Crippen LogP contribution in [0.3, 0.4) is 0 Å². The summed E-state index contributed by atoms with van der Waals surface area (Å²) in [6.45, 7) is -0.300. The number of aromatic carboxylic acids is 1. The Labute approximate surface area is 97.1 Å². The maximum atomic E-state index is 10.4. The monoisotopic (exact) mass is 192 g/mol. The molecular weight excluding hydrogens is 183 g/mol. The van der Waals surface area contributed by atoms with E-state index in [0.29, 0.717) is 5.56 Å². The van der Waals surface area contributed by atoms with Crippen molar-refractivity contribution >= 4 is 35.5 Å². The minimum atomic E-state index is -1.10. The predicted molar refractivity (Wildman–Crippen MR) is 48.1 cm³/mol. The van der Waals surface area contributed by atoms with Crippen LogP contribution in [0.4, 0.5) is 0 Å². The third kappa shape index (κ3) is 3.00. The number of carboxylic acid groups (broad SMARTS) is 1. The van der Waals surface area contributed by atoms with Crippen molar-refractivity contribution in [1.29, 1.82) is 0 Å². The first-order valence-corrected chi connectivity index (χ1v) is 3.31. The van der Waals surface area contributed by atoms with Crippen LogP contribution < -0.4 is 0 Å². The molecule has 3 N–H and O–H groups in total. The molecule has 0 bridgehead atoms. The van der Waals surface area contributed by atoms with Crippen molar-refractivity contribution in [3.63, 3.8) is 0 Å². The van der Waals surface area contributed by atoms with Gasteiger partial charge in [-0.05, 0) is 12.1 Å². The molecule has 13 heavy (non-hydrogen) atoms. The molecule has 66 valence electrons. The van der Waals surface area contributed by atoms with Gasteiger partial charge in [-0.2, -0.15) is 0 Å². The van der Waals surface area contributed by atoms with E-state index in [0.717, 1.165) is 6.07 Å². The van der Waals surface area contributed by atoms with Gasteiger partial charge in [0, 0.05) is 5.56 Å². The molecule has 0 heterocycles. The van der Waals surface area contributed by atoms with Crippen molar-refractivity contribution in [2.24, 2.45) is 0 Å². The summed E-state index contributed by atoms with van der Waals surface area (Å²) in [5.74, 6) is -1.30. The van der Waals surface area contributed by atoms with Gasteiger partial charge in [0.2, 0.25) is 0 Å². The van der Waals surface area contributed by atoms with E-state index in [2.05, 4.69) is 0 Å². The zero-order chi connectivity index (χ0) is 9.14. The van der Waals surface area contributed by atoms with Crippen molar-refractivity contribution in [2.45, 2.75) is 6.61 Å². The molecule has 0 fully saturated rings. The molecule has 0 aromatic heterocycles. The molecular formula is C8H9NaO4. The van der Waals surface area contributed by atoms with Gasteiger partial charge < -0.3 is 15.3 Å². The molecule has 0 aliphatic rings. The third-order valence-corrected chi connectivity index (χ3v) is 1.50.